The molecule has 0 spiro atoms. The summed E-state index contributed by atoms with van der Waals surface area (Å²) in [4.78, 5) is 12.2. The highest BCUT2D eigenvalue weighted by Gasteiger charge is 2.57. The number of aryl methyl sites for hydroxylation is 1. The quantitative estimate of drug-likeness (QED) is 0.650. The highest BCUT2D eigenvalue weighted by Crippen LogP contribution is 2.61. The Kier molecular flexibility index (Phi) is 4.77. The Morgan fingerprint density at radius 2 is 1.73 bits per heavy atom. The number of rotatable bonds is 5. The minimum atomic E-state index is -4.76. The summed E-state index contributed by atoms with van der Waals surface area (Å²) >= 11 is 0. The van der Waals surface area contributed by atoms with E-state index in [-0.39, 0.29) is 11.2 Å². The van der Waals surface area contributed by atoms with E-state index in [9.17, 15) is 18.3 Å². The lowest BCUT2D eigenvalue weighted by Crippen LogP contribution is -2.37. The van der Waals surface area contributed by atoms with E-state index in [1.165, 1.54) is 18.5 Å². The van der Waals surface area contributed by atoms with Gasteiger partial charge in [0.15, 0.2) is 0 Å². The molecule has 2 heterocycles. The second-order valence-electron chi connectivity index (χ2n) is 7.85. The third-order valence-corrected chi connectivity index (χ3v) is 5.73. The standard InChI is InChI=1S/C22H20F3N3O2/c1-14-9-15(19-6-4-17(12-28-19)30-22(23,24)25)3-5-18(14)21(29,20(2)7-8-20)16-10-26-13-27-11-16/h3-6,9-13,29H,7-8H2,1-2H3. The molecule has 0 saturated heterocycles. The average molecular weight is 415 g/mol. The number of halogens is 3. The van der Waals surface area contributed by atoms with Crippen molar-refractivity contribution in [2.24, 2.45) is 5.41 Å². The van der Waals surface area contributed by atoms with Crippen molar-refractivity contribution in [2.75, 3.05) is 0 Å². The van der Waals surface area contributed by atoms with Crippen molar-refractivity contribution in [2.45, 2.75) is 38.7 Å². The molecule has 1 aliphatic carbocycles. The Hall–Kier alpha value is -3.00. The summed E-state index contributed by atoms with van der Waals surface area (Å²) in [5, 5.41) is 11.8. The van der Waals surface area contributed by atoms with Crippen LogP contribution < -0.4 is 4.74 Å². The predicted octanol–water partition coefficient (Wildman–Crippen LogP) is 4.78. The van der Waals surface area contributed by atoms with Gasteiger partial charge in [0.25, 0.3) is 0 Å². The Bertz CT molecular complexity index is 1050. The van der Waals surface area contributed by atoms with Gasteiger partial charge >= 0.3 is 6.36 Å². The highest BCUT2D eigenvalue weighted by atomic mass is 19.4. The first-order valence-corrected chi connectivity index (χ1v) is 9.44. The molecule has 0 aliphatic heterocycles. The lowest BCUT2D eigenvalue weighted by Gasteiger charge is -2.36. The third kappa shape index (κ3) is 3.63. The maximum atomic E-state index is 12.3. The van der Waals surface area contributed by atoms with Crippen molar-refractivity contribution in [3.8, 4) is 17.0 Å². The van der Waals surface area contributed by atoms with E-state index in [0.717, 1.165) is 35.7 Å². The molecule has 156 valence electrons. The molecule has 3 aromatic rings. The lowest BCUT2D eigenvalue weighted by atomic mass is 9.73. The SMILES string of the molecule is Cc1cc(-c2ccc(OC(F)(F)F)cn2)ccc1C(O)(c1cncnc1)C1(C)CC1. The van der Waals surface area contributed by atoms with Gasteiger partial charge in [-0.25, -0.2) is 9.97 Å². The van der Waals surface area contributed by atoms with Crippen LogP contribution in [0.5, 0.6) is 5.75 Å². The summed E-state index contributed by atoms with van der Waals surface area (Å²) < 4.78 is 40.9. The van der Waals surface area contributed by atoms with Crippen LogP contribution >= 0.6 is 0 Å². The van der Waals surface area contributed by atoms with E-state index in [0.29, 0.717) is 11.3 Å². The fraction of sp³-hybridized carbons (Fsp3) is 0.318. The zero-order chi connectivity index (χ0) is 21.6. The van der Waals surface area contributed by atoms with Gasteiger partial charge in [0.2, 0.25) is 0 Å². The molecule has 30 heavy (non-hydrogen) atoms. The molecular weight excluding hydrogens is 395 g/mol. The van der Waals surface area contributed by atoms with Crippen molar-refractivity contribution < 1.29 is 23.0 Å². The van der Waals surface area contributed by atoms with E-state index in [1.54, 1.807) is 18.5 Å². The molecule has 1 unspecified atom stereocenters. The number of alkyl halides is 3. The number of ether oxygens (including phenoxy) is 1. The first kappa shape index (κ1) is 20.3. The summed E-state index contributed by atoms with van der Waals surface area (Å²) in [6.45, 7) is 3.93. The van der Waals surface area contributed by atoms with Gasteiger partial charge < -0.3 is 9.84 Å². The van der Waals surface area contributed by atoms with Crippen LogP contribution in [0.15, 0.2) is 55.2 Å². The van der Waals surface area contributed by atoms with Gasteiger partial charge in [-0.2, -0.15) is 0 Å². The lowest BCUT2D eigenvalue weighted by molar-refractivity contribution is -0.274. The summed E-state index contributed by atoms with van der Waals surface area (Å²) in [5.74, 6) is -0.375. The van der Waals surface area contributed by atoms with E-state index in [4.69, 9.17) is 0 Å². The van der Waals surface area contributed by atoms with Crippen LogP contribution in [0.25, 0.3) is 11.3 Å². The van der Waals surface area contributed by atoms with Gasteiger partial charge in [0.1, 0.15) is 17.7 Å². The number of aliphatic hydroxyl groups is 1. The van der Waals surface area contributed by atoms with E-state index >= 15 is 0 Å². The predicted molar refractivity (Wildman–Crippen MR) is 103 cm³/mol. The van der Waals surface area contributed by atoms with Crippen LogP contribution in [0.1, 0.15) is 36.5 Å². The molecule has 0 amide bonds. The molecule has 4 rings (SSSR count). The van der Waals surface area contributed by atoms with E-state index in [2.05, 4.69) is 19.7 Å². The number of pyridine rings is 1. The average Bonchev–Trinajstić information content (AvgIpc) is 3.46. The van der Waals surface area contributed by atoms with Gasteiger partial charge in [0, 0.05) is 28.9 Å². The molecule has 8 heteroatoms. The van der Waals surface area contributed by atoms with Gasteiger partial charge in [-0.3, -0.25) is 4.98 Å². The molecule has 1 N–H and O–H groups in total. The number of hydrogen-bond acceptors (Lipinski definition) is 5. The zero-order valence-corrected chi connectivity index (χ0v) is 16.4. The van der Waals surface area contributed by atoms with Crippen LogP contribution in [0.2, 0.25) is 0 Å². The van der Waals surface area contributed by atoms with Crippen molar-refractivity contribution in [3.63, 3.8) is 0 Å². The Morgan fingerprint density at radius 1 is 1.03 bits per heavy atom. The molecule has 0 radical (unpaired) electrons. The van der Waals surface area contributed by atoms with Crippen molar-refractivity contribution in [1.82, 2.24) is 15.0 Å². The summed E-state index contributed by atoms with van der Waals surface area (Å²) in [6, 6.07) is 8.19. The smallest absolute Gasteiger partial charge is 0.404 e. The first-order chi connectivity index (χ1) is 14.1. The molecule has 5 nitrogen and oxygen atoms in total. The molecular formula is C22H20F3N3O2. The van der Waals surface area contributed by atoms with Crippen LogP contribution in [0.4, 0.5) is 13.2 Å². The van der Waals surface area contributed by atoms with Gasteiger partial charge in [-0.05, 0) is 49.1 Å². The first-order valence-electron chi connectivity index (χ1n) is 9.44. The fourth-order valence-corrected chi connectivity index (χ4v) is 3.84. The molecule has 1 aliphatic rings. The highest BCUT2D eigenvalue weighted by molar-refractivity contribution is 5.62. The van der Waals surface area contributed by atoms with Crippen LogP contribution in [-0.4, -0.2) is 26.4 Å². The Morgan fingerprint density at radius 3 is 2.27 bits per heavy atom. The molecule has 1 fully saturated rings. The van der Waals surface area contributed by atoms with Gasteiger partial charge in [-0.1, -0.05) is 19.1 Å². The molecule has 1 aromatic carbocycles. The largest absolute Gasteiger partial charge is 0.573 e. The van der Waals surface area contributed by atoms with Crippen LogP contribution in [-0.2, 0) is 5.60 Å². The van der Waals surface area contributed by atoms with Crippen molar-refractivity contribution in [1.29, 1.82) is 0 Å². The maximum absolute atomic E-state index is 12.3. The van der Waals surface area contributed by atoms with Crippen molar-refractivity contribution >= 4 is 0 Å². The zero-order valence-electron chi connectivity index (χ0n) is 16.4. The number of aromatic nitrogens is 3. The van der Waals surface area contributed by atoms with Crippen LogP contribution in [0.3, 0.4) is 0 Å². The number of hydrogen-bond donors (Lipinski definition) is 1. The summed E-state index contributed by atoms with van der Waals surface area (Å²) in [6.07, 6.45) is 2.72. The second kappa shape index (κ2) is 7.05. The monoisotopic (exact) mass is 415 g/mol. The van der Waals surface area contributed by atoms with E-state index < -0.39 is 12.0 Å². The second-order valence-corrected chi connectivity index (χ2v) is 7.85. The number of benzene rings is 1. The van der Waals surface area contributed by atoms with Gasteiger partial charge in [-0.15, -0.1) is 13.2 Å². The summed E-state index contributed by atoms with van der Waals surface area (Å²) in [5.41, 5.74) is 1.88. The normalized spacial score (nSPS) is 17.3. The number of nitrogens with zero attached hydrogens (tertiary/aromatic N) is 3. The Labute approximate surface area is 171 Å². The molecule has 0 bridgehead atoms. The van der Waals surface area contributed by atoms with E-state index in [1.807, 2.05) is 26.0 Å². The van der Waals surface area contributed by atoms with Crippen LogP contribution in [0, 0.1) is 12.3 Å². The molecule has 1 saturated carbocycles. The minimum absolute atomic E-state index is 0.321. The third-order valence-electron chi connectivity index (χ3n) is 5.73. The molecule has 1 atom stereocenters. The molecule has 2 aromatic heterocycles. The van der Waals surface area contributed by atoms with Crippen molar-refractivity contribution in [3.05, 3.63) is 71.9 Å². The topological polar surface area (TPSA) is 68.1 Å². The summed E-state index contributed by atoms with van der Waals surface area (Å²) in [7, 11) is 0. The Balaban J connectivity index is 1.69. The van der Waals surface area contributed by atoms with Gasteiger partial charge in [0.05, 0.1) is 11.9 Å². The fourth-order valence-electron chi connectivity index (χ4n) is 3.84. The minimum Gasteiger partial charge on any atom is -0.404 e. The maximum Gasteiger partial charge on any atom is 0.573 e.